The Morgan fingerprint density at radius 2 is 2.08 bits per heavy atom. The van der Waals surface area contributed by atoms with Gasteiger partial charge in [-0.05, 0) is 19.1 Å². The van der Waals surface area contributed by atoms with E-state index >= 15 is 0 Å². The van der Waals surface area contributed by atoms with Crippen molar-refractivity contribution in [2.24, 2.45) is 0 Å². The smallest absolute Gasteiger partial charge is 0.302 e. The molecule has 66 valence electrons. The van der Waals surface area contributed by atoms with Crippen LogP contribution < -0.4 is 0 Å². The van der Waals surface area contributed by atoms with Gasteiger partial charge in [0.25, 0.3) is 0 Å². The van der Waals surface area contributed by atoms with Crippen LogP contribution >= 0.6 is 0 Å². The first-order chi connectivity index (χ1) is 5.66. The molecule has 0 atom stereocenters. The fourth-order valence-corrected chi connectivity index (χ4v) is 0.550. The Labute approximate surface area is 71.7 Å². The van der Waals surface area contributed by atoms with Crippen molar-refractivity contribution >= 4 is 12.3 Å². The van der Waals surface area contributed by atoms with Crippen LogP contribution in [0.25, 0.3) is 0 Å². The third kappa shape index (κ3) is 6.74. The predicted molar refractivity (Wildman–Crippen MR) is 45.6 cm³/mol. The minimum atomic E-state index is -0.307. The molecule has 0 aromatic heterocycles. The molecule has 0 amide bonds. The van der Waals surface area contributed by atoms with Gasteiger partial charge in [0.1, 0.15) is 12.9 Å². The molecule has 0 N–H and O–H groups in total. The Morgan fingerprint density at radius 1 is 1.42 bits per heavy atom. The topological polar surface area (TPSA) is 43.4 Å². The molecule has 0 aliphatic rings. The summed E-state index contributed by atoms with van der Waals surface area (Å²) >= 11 is 0. The molecule has 0 aromatic rings. The summed E-state index contributed by atoms with van der Waals surface area (Å²) in [5.41, 5.74) is 0.892. The zero-order chi connectivity index (χ0) is 9.40. The van der Waals surface area contributed by atoms with E-state index < -0.39 is 0 Å². The first-order valence-corrected chi connectivity index (χ1v) is 3.58. The Hall–Kier alpha value is -1.38. The van der Waals surface area contributed by atoms with Gasteiger partial charge in [0.15, 0.2) is 0 Å². The van der Waals surface area contributed by atoms with Gasteiger partial charge in [-0.2, -0.15) is 0 Å². The number of aldehydes is 1. The van der Waals surface area contributed by atoms with Crippen LogP contribution in [0.3, 0.4) is 0 Å². The first-order valence-electron chi connectivity index (χ1n) is 3.58. The quantitative estimate of drug-likeness (QED) is 0.274. The van der Waals surface area contributed by atoms with E-state index in [1.54, 1.807) is 12.2 Å². The average Bonchev–Trinajstić information content (AvgIpc) is 2.00. The molecule has 0 unspecified atom stereocenters. The number of hydrogen-bond acceptors (Lipinski definition) is 3. The van der Waals surface area contributed by atoms with Gasteiger partial charge in [-0.1, -0.05) is 11.6 Å². The largest absolute Gasteiger partial charge is 0.462 e. The van der Waals surface area contributed by atoms with Gasteiger partial charge in [0.05, 0.1) is 0 Å². The van der Waals surface area contributed by atoms with Crippen molar-refractivity contribution in [1.29, 1.82) is 0 Å². The second-order valence-corrected chi connectivity index (χ2v) is 2.25. The van der Waals surface area contributed by atoms with E-state index in [2.05, 4.69) is 4.74 Å². The maximum Gasteiger partial charge on any atom is 0.302 e. The maximum atomic E-state index is 10.3. The summed E-state index contributed by atoms with van der Waals surface area (Å²) < 4.78 is 4.65. The maximum absolute atomic E-state index is 10.3. The fraction of sp³-hybridized carbons (Fsp3) is 0.333. The van der Waals surface area contributed by atoms with E-state index in [1.165, 1.54) is 13.0 Å². The number of allylic oxidation sites excluding steroid dienone is 3. The Morgan fingerprint density at radius 3 is 2.58 bits per heavy atom. The highest BCUT2D eigenvalue weighted by atomic mass is 16.5. The van der Waals surface area contributed by atoms with Crippen molar-refractivity contribution in [2.75, 3.05) is 6.61 Å². The van der Waals surface area contributed by atoms with Crippen LogP contribution in [0.4, 0.5) is 0 Å². The van der Waals surface area contributed by atoms with Crippen LogP contribution in [0.15, 0.2) is 23.8 Å². The number of esters is 1. The molecule has 0 bridgehead atoms. The molecule has 0 heterocycles. The van der Waals surface area contributed by atoms with Crippen LogP contribution in [0.5, 0.6) is 0 Å². The fourth-order valence-electron chi connectivity index (χ4n) is 0.550. The Bertz CT molecular complexity index is 214. The van der Waals surface area contributed by atoms with Gasteiger partial charge in [-0.3, -0.25) is 9.59 Å². The van der Waals surface area contributed by atoms with Crippen LogP contribution in [-0.2, 0) is 14.3 Å². The van der Waals surface area contributed by atoms with Gasteiger partial charge < -0.3 is 4.74 Å². The van der Waals surface area contributed by atoms with Gasteiger partial charge in [-0.25, -0.2) is 0 Å². The van der Waals surface area contributed by atoms with E-state index in [-0.39, 0.29) is 12.6 Å². The lowest BCUT2D eigenvalue weighted by Crippen LogP contribution is -1.97. The lowest BCUT2D eigenvalue weighted by Gasteiger charge is -1.95. The summed E-state index contributed by atoms with van der Waals surface area (Å²) in [5.74, 6) is -0.307. The molecule has 0 radical (unpaired) electrons. The van der Waals surface area contributed by atoms with Crippen molar-refractivity contribution in [2.45, 2.75) is 13.8 Å². The van der Waals surface area contributed by atoms with Crippen molar-refractivity contribution in [3.63, 3.8) is 0 Å². The van der Waals surface area contributed by atoms with E-state index in [1.807, 2.05) is 6.92 Å². The molecule has 0 saturated carbocycles. The lowest BCUT2D eigenvalue weighted by molar-refractivity contribution is -0.139. The Balaban J connectivity index is 3.76. The molecule has 3 nitrogen and oxygen atoms in total. The van der Waals surface area contributed by atoms with Crippen LogP contribution in [0, 0.1) is 0 Å². The molecule has 0 aromatic carbocycles. The van der Waals surface area contributed by atoms with Crippen LogP contribution in [0.2, 0.25) is 0 Å². The summed E-state index contributed by atoms with van der Waals surface area (Å²) in [5, 5.41) is 0. The second-order valence-electron chi connectivity index (χ2n) is 2.25. The van der Waals surface area contributed by atoms with Crippen LogP contribution in [-0.4, -0.2) is 18.9 Å². The molecule has 0 spiro atoms. The van der Waals surface area contributed by atoms with Crippen LogP contribution in [0.1, 0.15) is 13.8 Å². The zero-order valence-electron chi connectivity index (χ0n) is 7.24. The molecule has 12 heavy (non-hydrogen) atoms. The molecular weight excluding hydrogens is 156 g/mol. The monoisotopic (exact) mass is 168 g/mol. The molecule has 0 saturated heterocycles. The highest BCUT2D eigenvalue weighted by molar-refractivity contribution is 5.66. The van der Waals surface area contributed by atoms with E-state index in [9.17, 15) is 9.59 Å². The minimum Gasteiger partial charge on any atom is -0.462 e. The van der Waals surface area contributed by atoms with Crippen molar-refractivity contribution in [3.05, 3.63) is 23.8 Å². The number of carbonyl (C=O) groups excluding carboxylic acids is 2. The van der Waals surface area contributed by atoms with E-state index in [4.69, 9.17) is 0 Å². The zero-order valence-corrected chi connectivity index (χ0v) is 7.24. The molecule has 0 fully saturated rings. The summed E-state index contributed by atoms with van der Waals surface area (Å²) in [4.78, 5) is 20.2. The van der Waals surface area contributed by atoms with Gasteiger partial charge in [0, 0.05) is 6.92 Å². The summed E-state index contributed by atoms with van der Waals surface area (Å²) in [6.07, 6.45) is 5.46. The normalized spacial score (nSPS) is 11.7. The summed E-state index contributed by atoms with van der Waals surface area (Å²) in [7, 11) is 0. The summed E-state index contributed by atoms with van der Waals surface area (Å²) in [6.45, 7) is 3.43. The number of hydrogen-bond donors (Lipinski definition) is 0. The number of carbonyl (C=O) groups is 2. The third-order valence-electron chi connectivity index (χ3n) is 1.13. The van der Waals surface area contributed by atoms with E-state index in [0.29, 0.717) is 6.29 Å². The molecule has 0 aliphatic carbocycles. The summed E-state index contributed by atoms with van der Waals surface area (Å²) in [6, 6.07) is 0. The predicted octanol–water partition coefficient (Wildman–Crippen LogP) is 1.25. The standard InChI is InChI=1S/C9H12O3/c1-8(4-3-6-10)5-7-12-9(2)11/h3-6H,7H2,1-2H3/b4-3+,8-5+. The van der Waals surface area contributed by atoms with E-state index in [0.717, 1.165) is 5.57 Å². The number of ether oxygens (including phenoxy) is 1. The van der Waals surface area contributed by atoms with Gasteiger partial charge >= 0.3 is 5.97 Å². The van der Waals surface area contributed by atoms with Crippen molar-refractivity contribution in [1.82, 2.24) is 0 Å². The highest BCUT2D eigenvalue weighted by Crippen LogP contribution is 1.93. The van der Waals surface area contributed by atoms with Crippen molar-refractivity contribution in [3.8, 4) is 0 Å². The van der Waals surface area contributed by atoms with Gasteiger partial charge in [-0.15, -0.1) is 0 Å². The molecule has 0 rings (SSSR count). The highest BCUT2D eigenvalue weighted by Gasteiger charge is 1.87. The third-order valence-corrected chi connectivity index (χ3v) is 1.13. The number of rotatable bonds is 4. The molecular formula is C9H12O3. The SMILES string of the molecule is CC(=O)OC/C=C(C)/C=C/C=O. The average molecular weight is 168 g/mol. The molecule has 0 aliphatic heterocycles. The second kappa shape index (κ2) is 6.34. The Kier molecular flexibility index (Phi) is 5.61. The van der Waals surface area contributed by atoms with Crippen molar-refractivity contribution < 1.29 is 14.3 Å². The first kappa shape index (κ1) is 10.6. The molecule has 3 heteroatoms. The van der Waals surface area contributed by atoms with Gasteiger partial charge in [0.2, 0.25) is 0 Å². The minimum absolute atomic E-state index is 0.254. The lowest BCUT2D eigenvalue weighted by atomic mass is 10.2.